The van der Waals surface area contributed by atoms with Crippen molar-refractivity contribution in [3.63, 3.8) is 0 Å². The van der Waals surface area contributed by atoms with Crippen LogP contribution in [0.1, 0.15) is 74.5 Å². The summed E-state index contributed by atoms with van der Waals surface area (Å²) >= 11 is 0. The van der Waals surface area contributed by atoms with Gasteiger partial charge < -0.3 is 19.4 Å². The lowest BCUT2D eigenvalue weighted by molar-refractivity contribution is 0.00578. The molecule has 1 N–H and O–H groups in total. The molecule has 1 aliphatic heterocycles. The van der Waals surface area contributed by atoms with Gasteiger partial charge in [0.25, 0.3) is 0 Å². The maximum absolute atomic E-state index is 13.0. The van der Waals surface area contributed by atoms with Gasteiger partial charge in [-0.1, -0.05) is 92.7 Å². The Hall–Kier alpha value is -3.68. The zero-order valence-corrected chi connectivity index (χ0v) is 24.7. The fourth-order valence-corrected chi connectivity index (χ4v) is 5.31. The van der Waals surface area contributed by atoms with Gasteiger partial charge in [-0.3, -0.25) is 4.79 Å². The van der Waals surface area contributed by atoms with Crippen LogP contribution in [0.5, 0.6) is 0 Å². The topological polar surface area (TPSA) is 73.9 Å². The molecule has 0 atom stereocenters. The van der Waals surface area contributed by atoms with Crippen molar-refractivity contribution in [2.75, 3.05) is 13.2 Å². The molecule has 1 heterocycles. The van der Waals surface area contributed by atoms with Crippen LogP contribution in [0.3, 0.4) is 0 Å². The molecule has 6 nitrogen and oxygen atoms in total. The highest BCUT2D eigenvalue weighted by atomic mass is 16.7. The average molecular weight is 551 g/mol. The zero-order chi connectivity index (χ0) is 29.4. The number of alkyl carbamates (subject to hydrolysis) is 1. The number of carbonyl (C=O) groups excluding carboxylic acids is 2. The number of benzene rings is 3. The fourth-order valence-electron chi connectivity index (χ4n) is 5.31. The number of nitrogens with one attached hydrogen (secondary N) is 1. The SMILES string of the molecule is CC(C)C(=O)c1ccc(C=C(CNC(=O)OCC2c3ccccc3-c3ccccc32)B2OC(C)(C)C(C)(C)O2)cc1. The molecule has 2 aliphatic rings. The van der Waals surface area contributed by atoms with Crippen molar-refractivity contribution < 1.29 is 23.6 Å². The summed E-state index contributed by atoms with van der Waals surface area (Å²) in [7, 11) is -0.647. The third kappa shape index (κ3) is 5.88. The minimum atomic E-state index is -0.647. The van der Waals surface area contributed by atoms with Crippen LogP contribution in [0.25, 0.3) is 17.2 Å². The first-order valence-electron chi connectivity index (χ1n) is 14.3. The highest BCUT2D eigenvalue weighted by Gasteiger charge is 2.52. The molecule has 212 valence electrons. The first-order valence-corrected chi connectivity index (χ1v) is 14.3. The monoisotopic (exact) mass is 551 g/mol. The molecule has 0 unspecified atom stereocenters. The van der Waals surface area contributed by atoms with Gasteiger partial charge in [0, 0.05) is 23.9 Å². The number of carbonyl (C=O) groups is 2. The van der Waals surface area contributed by atoms with E-state index in [1.54, 1.807) is 0 Å². The molecule has 1 fully saturated rings. The molecular weight excluding hydrogens is 513 g/mol. The van der Waals surface area contributed by atoms with Crippen LogP contribution < -0.4 is 5.32 Å². The van der Waals surface area contributed by atoms with Gasteiger partial charge in [-0.2, -0.15) is 0 Å². The number of Topliss-reactive ketones (excluding diaryl/α,β-unsaturated/α-hetero) is 1. The Labute approximate surface area is 243 Å². The summed E-state index contributed by atoms with van der Waals surface area (Å²) in [6, 6.07) is 24.0. The Morgan fingerprint density at radius 2 is 1.41 bits per heavy atom. The van der Waals surface area contributed by atoms with Crippen molar-refractivity contribution in [2.24, 2.45) is 5.92 Å². The maximum atomic E-state index is 13.0. The van der Waals surface area contributed by atoms with Gasteiger partial charge in [-0.05, 0) is 61.0 Å². The lowest BCUT2D eigenvalue weighted by atomic mass is 9.77. The van der Waals surface area contributed by atoms with Crippen LogP contribution in [-0.2, 0) is 14.0 Å². The lowest BCUT2D eigenvalue weighted by Gasteiger charge is -2.32. The van der Waals surface area contributed by atoms with Crippen molar-refractivity contribution in [1.82, 2.24) is 5.32 Å². The number of fused-ring (bicyclic) bond motifs is 3. The number of rotatable bonds is 8. The molecule has 0 aromatic heterocycles. The van der Waals surface area contributed by atoms with Crippen LogP contribution in [0.4, 0.5) is 4.79 Å². The Morgan fingerprint density at radius 1 is 0.878 bits per heavy atom. The molecule has 1 saturated heterocycles. The maximum Gasteiger partial charge on any atom is 0.492 e. The van der Waals surface area contributed by atoms with E-state index in [0.717, 1.165) is 11.0 Å². The molecular formula is C34H38BNO5. The largest absolute Gasteiger partial charge is 0.492 e. The van der Waals surface area contributed by atoms with E-state index in [-0.39, 0.29) is 30.8 Å². The van der Waals surface area contributed by atoms with E-state index in [4.69, 9.17) is 14.0 Å². The quantitative estimate of drug-likeness (QED) is 0.239. The van der Waals surface area contributed by atoms with Crippen LogP contribution in [0.15, 0.2) is 78.3 Å². The van der Waals surface area contributed by atoms with E-state index in [2.05, 4.69) is 29.6 Å². The first kappa shape index (κ1) is 28.8. The predicted molar refractivity (Wildman–Crippen MR) is 163 cm³/mol. The Bertz CT molecular complexity index is 1410. The molecule has 5 rings (SSSR count). The Balaban J connectivity index is 1.30. The molecule has 7 heteroatoms. The van der Waals surface area contributed by atoms with Crippen molar-refractivity contribution >= 4 is 25.1 Å². The third-order valence-corrected chi connectivity index (χ3v) is 8.41. The summed E-state index contributed by atoms with van der Waals surface area (Å²) in [5, 5.41) is 2.91. The van der Waals surface area contributed by atoms with Gasteiger partial charge in [0.15, 0.2) is 5.78 Å². The minimum absolute atomic E-state index is 0.0154. The second kappa shape index (κ2) is 11.3. The number of hydrogen-bond donors (Lipinski definition) is 1. The van der Waals surface area contributed by atoms with Gasteiger partial charge >= 0.3 is 13.2 Å². The first-order chi connectivity index (χ1) is 19.5. The van der Waals surface area contributed by atoms with Gasteiger partial charge in [-0.15, -0.1) is 0 Å². The van der Waals surface area contributed by atoms with Crippen LogP contribution in [-0.4, -0.2) is 43.3 Å². The van der Waals surface area contributed by atoms with E-state index >= 15 is 0 Å². The van der Waals surface area contributed by atoms with Gasteiger partial charge in [0.05, 0.1) is 11.2 Å². The molecule has 0 spiro atoms. The van der Waals surface area contributed by atoms with Gasteiger partial charge in [-0.25, -0.2) is 4.79 Å². The number of ether oxygens (including phenoxy) is 1. The average Bonchev–Trinajstić information content (AvgIpc) is 3.38. The zero-order valence-electron chi connectivity index (χ0n) is 24.7. The van der Waals surface area contributed by atoms with Crippen molar-refractivity contribution in [2.45, 2.75) is 58.7 Å². The summed E-state index contributed by atoms with van der Waals surface area (Å²) in [4.78, 5) is 25.3. The second-order valence-electron chi connectivity index (χ2n) is 12.1. The summed E-state index contributed by atoms with van der Waals surface area (Å²) in [6.45, 7) is 12.2. The predicted octanol–water partition coefficient (Wildman–Crippen LogP) is 7.08. The number of amides is 1. The van der Waals surface area contributed by atoms with E-state index < -0.39 is 24.4 Å². The molecule has 41 heavy (non-hydrogen) atoms. The molecule has 0 radical (unpaired) electrons. The highest BCUT2D eigenvalue weighted by molar-refractivity contribution is 6.56. The Morgan fingerprint density at radius 3 is 1.95 bits per heavy atom. The van der Waals surface area contributed by atoms with Gasteiger partial charge in [0.2, 0.25) is 0 Å². The number of hydrogen-bond acceptors (Lipinski definition) is 5. The Kier molecular flexibility index (Phi) is 7.95. The number of ketones is 1. The standard InChI is InChI=1S/C34H38BNO5/c1-22(2)31(37)24-17-15-23(16-18-24)19-25(35-40-33(3,4)34(5,6)41-35)20-36-32(38)39-21-30-28-13-9-7-11-26(28)27-12-8-10-14-29(27)30/h7-19,22,30H,20-21H2,1-6H3,(H,36,38). The smallest absolute Gasteiger partial charge is 0.449 e. The molecule has 1 aliphatic carbocycles. The fraction of sp³-hybridized carbons (Fsp3) is 0.353. The van der Waals surface area contributed by atoms with Crippen LogP contribution in [0.2, 0.25) is 0 Å². The van der Waals surface area contributed by atoms with Crippen LogP contribution >= 0.6 is 0 Å². The molecule has 3 aromatic carbocycles. The molecule has 3 aromatic rings. The normalized spacial score (nSPS) is 17.3. The van der Waals surface area contributed by atoms with E-state index in [9.17, 15) is 9.59 Å². The summed E-state index contributed by atoms with van der Waals surface area (Å²) in [5.41, 5.74) is 5.93. The third-order valence-electron chi connectivity index (χ3n) is 8.41. The van der Waals surface area contributed by atoms with Crippen LogP contribution in [0, 0.1) is 5.92 Å². The molecule has 1 amide bonds. The van der Waals surface area contributed by atoms with Crippen molar-refractivity contribution in [3.05, 3.63) is 101 Å². The highest BCUT2D eigenvalue weighted by Crippen LogP contribution is 2.44. The summed E-state index contributed by atoms with van der Waals surface area (Å²) < 4.78 is 18.4. The molecule has 0 bridgehead atoms. The minimum Gasteiger partial charge on any atom is -0.449 e. The lowest BCUT2D eigenvalue weighted by Crippen LogP contribution is -2.41. The van der Waals surface area contributed by atoms with E-state index in [0.29, 0.717) is 5.56 Å². The second-order valence-corrected chi connectivity index (χ2v) is 12.1. The van der Waals surface area contributed by atoms with Crippen molar-refractivity contribution in [1.29, 1.82) is 0 Å². The van der Waals surface area contributed by atoms with E-state index in [1.807, 2.05) is 96.1 Å². The van der Waals surface area contributed by atoms with E-state index in [1.165, 1.54) is 22.3 Å². The van der Waals surface area contributed by atoms with Gasteiger partial charge in [0.1, 0.15) is 6.61 Å². The summed E-state index contributed by atoms with van der Waals surface area (Å²) in [6.07, 6.45) is 1.43. The summed E-state index contributed by atoms with van der Waals surface area (Å²) in [5.74, 6) is 0.0140. The van der Waals surface area contributed by atoms with Crippen molar-refractivity contribution in [3.8, 4) is 11.1 Å². The molecule has 0 saturated carbocycles.